The van der Waals surface area contributed by atoms with Crippen LogP contribution in [0.1, 0.15) is 5.56 Å². The average molecular weight is 246 g/mol. The van der Waals surface area contributed by atoms with Crippen molar-refractivity contribution in [1.29, 1.82) is 0 Å². The van der Waals surface area contributed by atoms with Gasteiger partial charge in [0.15, 0.2) is 0 Å². The summed E-state index contributed by atoms with van der Waals surface area (Å²) in [6.45, 7) is 0.509. The summed E-state index contributed by atoms with van der Waals surface area (Å²) in [5, 5.41) is 2.99. The fourth-order valence-electron chi connectivity index (χ4n) is 1.66. The van der Waals surface area contributed by atoms with E-state index in [4.69, 9.17) is 10.5 Å². The first-order valence-electron chi connectivity index (χ1n) is 5.61. The molecule has 0 saturated carbocycles. The van der Waals surface area contributed by atoms with E-state index in [0.717, 1.165) is 11.3 Å². The number of hydrogen-bond donors (Lipinski definition) is 2. The second kappa shape index (κ2) is 5.40. The molecule has 0 amide bonds. The van der Waals surface area contributed by atoms with Gasteiger partial charge in [-0.3, -0.25) is 0 Å². The van der Waals surface area contributed by atoms with Gasteiger partial charge >= 0.3 is 0 Å². The molecule has 0 fully saturated rings. The quantitative estimate of drug-likeness (QED) is 0.815. The highest BCUT2D eigenvalue weighted by Crippen LogP contribution is 2.22. The fourth-order valence-corrected chi connectivity index (χ4v) is 1.66. The van der Waals surface area contributed by atoms with E-state index < -0.39 is 0 Å². The molecule has 0 heterocycles. The Bertz CT molecular complexity index is 506. The largest absolute Gasteiger partial charge is 0.497 e. The number of rotatable bonds is 4. The molecule has 3 nitrogen and oxygen atoms in total. The van der Waals surface area contributed by atoms with Gasteiger partial charge in [-0.05, 0) is 29.8 Å². The Labute approximate surface area is 105 Å². The molecule has 2 aromatic carbocycles. The second-order valence-corrected chi connectivity index (χ2v) is 3.91. The third-order valence-corrected chi connectivity index (χ3v) is 2.67. The Morgan fingerprint density at radius 2 is 1.89 bits per heavy atom. The van der Waals surface area contributed by atoms with Crippen molar-refractivity contribution in [2.45, 2.75) is 6.54 Å². The van der Waals surface area contributed by atoms with Crippen LogP contribution in [-0.2, 0) is 6.54 Å². The van der Waals surface area contributed by atoms with Gasteiger partial charge in [0, 0.05) is 6.54 Å². The van der Waals surface area contributed by atoms with Crippen LogP contribution in [0.4, 0.5) is 15.8 Å². The van der Waals surface area contributed by atoms with Crippen LogP contribution in [0.5, 0.6) is 5.75 Å². The molecule has 4 heteroatoms. The Kier molecular flexibility index (Phi) is 3.67. The predicted octanol–water partition coefficient (Wildman–Crippen LogP) is 3.03. The molecule has 0 radical (unpaired) electrons. The average Bonchev–Trinajstić information content (AvgIpc) is 2.39. The summed E-state index contributed by atoms with van der Waals surface area (Å²) in [6.07, 6.45) is 0. The Hall–Kier alpha value is -2.23. The van der Waals surface area contributed by atoms with E-state index in [1.807, 2.05) is 24.3 Å². The van der Waals surface area contributed by atoms with Gasteiger partial charge in [0.1, 0.15) is 11.6 Å². The lowest BCUT2D eigenvalue weighted by atomic mass is 10.2. The number of para-hydroxylation sites is 1. The van der Waals surface area contributed by atoms with Gasteiger partial charge in [0.05, 0.1) is 18.5 Å². The Morgan fingerprint density at radius 1 is 1.17 bits per heavy atom. The zero-order valence-corrected chi connectivity index (χ0v) is 10.1. The molecule has 3 N–H and O–H groups in total. The van der Waals surface area contributed by atoms with Gasteiger partial charge in [0.25, 0.3) is 0 Å². The summed E-state index contributed by atoms with van der Waals surface area (Å²) in [5.41, 5.74) is 7.48. The van der Waals surface area contributed by atoms with E-state index in [2.05, 4.69) is 5.32 Å². The van der Waals surface area contributed by atoms with Gasteiger partial charge in [-0.15, -0.1) is 0 Å². The summed E-state index contributed by atoms with van der Waals surface area (Å²) in [7, 11) is 1.62. The van der Waals surface area contributed by atoms with Crippen LogP contribution in [0, 0.1) is 5.82 Å². The summed E-state index contributed by atoms with van der Waals surface area (Å²) in [6, 6.07) is 12.2. The lowest BCUT2D eigenvalue weighted by molar-refractivity contribution is 0.414. The zero-order chi connectivity index (χ0) is 13.0. The topological polar surface area (TPSA) is 47.3 Å². The maximum atomic E-state index is 13.5. The highest BCUT2D eigenvalue weighted by molar-refractivity contribution is 5.66. The molecule has 0 aliphatic carbocycles. The third kappa shape index (κ3) is 2.71. The first-order valence-corrected chi connectivity index (χ1v) is 5.61. The van der Waals surface area contributed by atoms with E-state index in [-0.39, 0.29) is 5.82 Å². The number of halogens is 1. The highest BCUT2D eigenvalue weighted by Gasteiger charge is 2.05. The lowest BCUT2D eigenvalue weighted by Gasteiger charge is -2.10. The number of nitrogens with two attached hydrogens (primary N) is 1. The van der Waals surface area contributed by atoms with E-state index in [9.17, 15) is 4.39 Å². The maximum absolute atomic E-state index is 13.5. The smallest absolute Gasteiger partial charge is 0.148 e. The van der Waals surface area contributed by atoms with Gasteiger partial charge in [-0.25, -0.2) is 4.39 Å². The zero-order valence-electron chi connectivity index (χ0n) is 10.1. The van der Waals surface area contributed by atoms with Crippen LogP contribution < -0.4 is 15.8 Å². The van der Waals surface area contributed by atoms with Gasteiger partial charge in [-0.2, -0.15) is 0 Å². The number of nitrogens with one attached hydrogen (secondary N) is 1. The molecular formula is C14H15FN2O. The van der Waals surface area contributed by atoms with Crippen molar-refractivity contribution in [2.75, 3.05) is 18.2 Å². The summed E-state index contributed by atoms with van der Waals surface area (Å²) < 4.78 is 18.6. The minimum atomic E-state index is -0.344. The highest BCUT2D eigenvalue weighted by atomic mass is 19.1. The van der Waals surface area contributed by atoms with Gasteiger partial charge in [0.2, 0.25) is 0 Å². The maximum Gasteiger partial charge on any atom is 0.148 e. The minimum absolute atomic E-state index is 0.341. The SMILES string of the molecule is COc1ccc(CNc2c(N)cccc2F)cc1. The number of methoxy groups -OCH3 is 1. The van der Waals surface area contributed by atoms with Crippen molar-refractivity contribution in [1.82, 2.24) is 0 Å². The number of nitrogen functional groups attached to an aromatic ring is 1. The molecule has 0 saturated heterocycles. The Balaban J connectivity index is 2.06. The van der Waals surface area contributed by atoms with Crippen LogP contribution in [0.3, 0.4) is 0 Å². The van der Waals surface area contributed by atoms with Crippen molar-refractivity contribution in [2.24, 2.45) is 0 Å². The van der Waals surface area contributed by atoms with Gasteiger partial charge in [-0.1, -0.05) is 18.2 Å². The summed E-state index contributed by atoms with van der Waals surface area (Å²) >= 11 is 0. The molecule has 0 aliphatic rings. The molecule has 2 rings (SSSR count). The molecular weight excluding hydrogens is 231 g/mol. The van der Waals surface area contributed by atoms with Gasteiger partial charge < -0.3 is 15.8 Å². The molecule has 0 aromatic heterocycles. The van der Waals surface area contributed by atoms with Crippen LogP contribution >= 0.6 is 0 Å². The molecule has 0 spiro atoms. The van der Waals surface area contributed by atoms with Crippen LogP contribution in [0.2, 0.25) is 0 Å². The molecule has 2 aromatic rings. The fraction of sp³-hybridized carbons (Fsp3) is 0.143. The van der Waals surface area contributed by atoms with E-state index in [1.165, 1.54) is 6.07 Å². The first kappa shape index (κ1) is 12.2. The first-order chi connectivity index (χ1) is 8.70. The standard InChI is InChI=1S/C14H15FN2O/c1-18-11-7-5-10(6-8-11)9-17-14-12(15)3-2-4-13(14)16/h2-8,17H,9,16H2,1H3. The van der Waals surface area contributed by atoms with Crippen LogP contribution in [-0.4, -0.2) is 7.11 Å². The normalized spacial score (nSPS) is 10.1. The molecule has 18 heavy (non-hydrogen) atoms. The molecule has 0 bridgehead atoms. The Morgan fingerprint density at radius 3 is 2.50 bits per heavy atom. The number of hydrogen-bond acceptors (Lipinski definition) is 3. The minimum Gasteiger partial charge on any atom is -0.497 e. The van der Waals surface area contributed by atoms with Crippen LogP contribution in [0.15, 0.2) is 42.5 Å². The number of benzene rings is 2. The lowest BCUT2D eigenvalue weighted by Crippen LogP contribution is -2.04. The van der Waals surface area contributed by atoms with Crippen molar-refractivity contribution in [3.8, 4) is 5.75 Å². The summed E-state index contributed by atoms with van der Waals surface area (Å²) in [4.78, 5) is 0. The monoisotopic (exact) mass is 246 g/mol. The van der Waals surface area contributed by atoms with Crippen molar-refractivity contribution >= 4 is 11.4 Å². The molecule has 0 unspecified atom stereocenters. The van der Waals surface area contributed by atoms with Crippen molar-refractivity contribution in [3.05, 3.63) is 53.8 Å². The molecule has 0 atom stereocenters. The molecule has 94 valence electrons. The van der Waals surface area contributed by atoms with Crippen molar-refractivity contribution < 1.29 is 9.13 Å². The number of ether oxygens (including phenoxy) is 1. The van der Waals surface area contributed by atoms with E-state index >= 15 is 0 Å². The predicted molar refractivity (Wildman–Crippen MR) is 71.1 cm³/mol. The van der Waals surface area contributed by atoms with Crippen LogP contribution in [0.25, 0.3) is 0 Å². The second-order valence-electron chi connectivity index (χ2n) is 3.91. The number of anilines is 2. The van der Waals surface area contributed by atoms with E-state index in [1.54, 1.807) is 19.2 Å². The van der Waals surface area contributed by atoms with E-state index in [0.29, 0.717) is 17.9 Å². The molecule has 0 aliphatic heterocycles. The third-order valence-electron chi connectivity index (χ3n) is 2.67. The summed E-state index contributed by atoms with van der Waals surface area (Å²) in [5.74, 6) is 0.452. The van der Waals surface area contributed by atoms with Crippen molar-refractivity contribution in [3.63, 3.8) is 0 Å².